The molecule has 12 heterocycles. The number of likely N-dealkylation sites (tertiary alicyclic amines) is 2. The Kier molecular flexibility index (Phi) is 36.1. The van der Waals surface area contributed by atoms with Gasteiger partial charge in [0.2, 0.25) is 0 Å². The van der Waals surface area contributed by atoms with Crippen LogP contribution in [-0.2, 0) is 55.8 Å². The van der Waals surface area contributed by atoms with Gasteiger partial charge in [0.15, 0.2) is 15.1 Å². The number of primary sulfonamides is 1. The van der Waals surface area contributed by atoms with E-state index in [1.54, 1.807) is 60.8 Å². The molecule has 0 spiro atoms. The molecule has 802 valence electrons. The minimum absolute atomic E-state index is 0.0318. The number of pyridine rings is 9. The summed E-state index contributed by atoms with van der Waals surface area (Å²) in [4.78, 5) is 107. The molecule has 15 rings (SSSR count). The SMILES string of the molecule is CC(C)(C)OC(=O)N1C[C@@H](CCC(Nc2cccc(S(N)(=O)=O)n2)c2cc(C(C)(C)C)ccn2)CC1(C)C.Cc1cccc2cc(C(=O)NS(=O)(=O)c3cccc(NC(CC[C@@H]4CN(C(=O)OC(C)(C)C)C(C)(C)C4)c4cc(C(C)(C)C)ccn4)n3)c(Cl)nc12.Cc1cccc2cc(C(=O)NS(=O)(=O)c3cccc(NC(CC[C@@H]4CNC(C)(C)C4)c4cc(C(C)(C)C)ccn4)n3)c(Cl)nc12.Cc1cccc2cc(C(=O)O)c(Cl)nc12. The lowest BCUT2D eigenvalue weighted by Gasteiger charge is -2.33. The molecule has 38 heteroatoms. The second-order valence-electron chi connectivity index (χ2n) is 46.0. The van der Waals surface area contributed by atoms with E-state index in [1.165, 1.54) is 30.3 Å². The highest BCUT2D eigenvalue weighted by molar-refractivity contribution is 7.90. The second kappa shape index (κ2) is 46.5. The number of nitrogens with two attached hydrogens (primary N) is 1. The maximum absolute atomic E-state index is 13.5. The van der Waals surface area contributed by atoms with Crippen molar-refractivity contribution in [2.45, 2.75) is 301 Å². The van der Waals surface area contributed by atoms with E-state index in [0.717, 1.165) is 113 Å². The number of nitrogens with one attached hydrogen (secondary N) is 6. The van der Waals surface area contributed by atoms with E-state index in [-0.39, 0.29) is 122 Å². The van der Waals surface area contributed by atoms with Crippen LogP contribution in [0.25, 0.3) is 32.7 Å². The summed E-state index contributed by atoms with van der Waals surface area (Å²) in [5, 5.41) is 29.2. The fourth-order valence-corrected chi connectivity index (χ4v) is 21.7. The van der Waals surface area contributed by atoms with Gasteiger partial charge in [-0.2, -0.15) is 16.8 Å². The van der Waals surface area contributed by atoms with Crippen LogP contribution in [0.4, 0.5) is 27.0 Å². The molecular weight excluding hydrogens is 2020 g/mol. The number of amides is 4. The molecule has 3 aromatic carbocycles. The number of halogens is 3. The van der Waals surface area contributed by atoms with Gasteiger partial charge in [-0.1, -0.05) is 170 Å². The minimum Gasteiger partial charge on any atom is -0.478 e. The molecule has 3 unspecified atom stereocenters. The van der Waals surface area contributed by atoms with E-state index < -0.39 is 59.1 Å². The molecule has 9 aromatic heterocycles. The normalized spacial score (nSPS) is 16.8. The zero-order valence-corrected chi connectivity index (χ0v) is 94.6. The number of ether oxygens (including phenoxy) is 2. The van der Waals surface area contributed by atoms with Crippen molar-refractivity contribution in [1.29, 1.82) is 0 Å². The molecule has 0 aliphatic carbocycles. The molecule has 150 heavy (non-hydrogen) atoms. The standard InChI is InChI=1S/C39H49ClN6O5S.C34H41ClN6O3S.C28H43N5O4S.C11H8ClNO2/c1-24-12-10-13-26-20-28(34(40)44-33(24)26)35(47)45-52(49,50)32-15-11-14-31(43-32)42-29(30-21-27(18-19-41-30)37(2,3)4)17-16-25-22-39(8,9)46(23-25)36(48)51-38(5,6)7;1-21-9-7-10-23-17-25(31(35)40-30(21)23)32(42)41-45(43,44)29-12-8-11-28(39-29)38-26(14-13-22-19-34(5,6)37-20-22)27-18-24(15-16-36-27)33(2,3)4;1-26(2,3)20-14-15-30-22(16-20)21(31-23-10-9-11-24(32-23)38(29,35)36)13-12-19-17-28(7,8)33(18-19)25(34)37-27(4,5)6;1-6-3-2-4-7-5-8(11(14)15)10(12)13-9(6)7/h10-15,18-21,25,29H,16-17,22-23H2,1-9H3,(H,42,43)(H,45,47);7-12,15-18,22,26,37H,13-14,19-20H2,1-6H3,(H,38,39)(H,41,42);9-11,14-16,19,21H,12-13,17-18H2,1-8H3,(H,31,32)(H2,29,35,36);2-5H,1H3,(H,14,15)/t25-,29?;22-,26?;19-,21?;/m000./s1. The molecule has 12 aromatic rings. The molecule has 3 fully saturated rings. The van der Waals surface area contributed by atoms with Crippen molar-refractivity contribution in [3.05, 3.63) is 265 Å². The predicted octanol–water partition coefficient (Wildman–Crippen LogP) is 23.4. The lowest BCUT2D eigenvalue weighted by Crippen LogP contribution is -2.45. The number of aryl methyl sites for hydroxylation is 3. The topological polar surface area (TPSA) is 447 Å². The van der Waals surface area contributed by atoms with Crippen LogP contribution >= 0.6 is 34.8 Å². The summed E-state index contributed by atoms with van der Waals surface area (Å²) in [5.74, 6) is -0.792. The van der Waals surface area contributed by atoms with Gasteiger partial charge in [0, 0.05) is 64.5 Å². The van der Waals surface area contributed by atoms with E-state index in [4.69, 9.17) is 64.5 Å². The lowest BCUT2D eigenvalue weighted by atomic mass is 9.86. The Labute approximate surface area is 896 Å². The molecule has 3 aliphatic rings. The van der Waals surface area contributed by atoms with Gasteiger partial charge in [0.05, 0.1) is 68.4 Å². The van der Waals surface area contributed by atoms with Crippen LogP contribution in [0.2, 0.25) is 15.5 Å². The number of fused-ring (bicyclic) bond motifs is 3. The summed E-state index contributed by atoms with van der Waals surface area (Å²) < 4.78 is 93.0. The van der Waals surface area contributed by atoms with Gasteiger partial charge in [-0.25, -0.2) is 67.3 Å². The van der Waals surface area contributed by atoms with Gasteiger partial charge in [-0.05, 0) is 327 Å². The smallest absolute Gasteiger partial charge is 0.410 e. The van der Waals surface area contributed by atoms with Crippen molar-refractivity contribution in [2.75, 3.05) is 35.6 Å². The van der Waals surface area contributed by atoms with E-state index in [1.807, 2.05) is 145 Å². The third-order valence-electron chi connectivity index (χ3n) is 26.6. The summed E-state index contributed by atoms with van der Waals surface area (Å²) in [7, 11) is -12.7. The van der Waals surface area contributed by atoms with Gasteiger partial charge in [0.1, 0.15) is 44.1 Å². The zero-order valence-electron chi connectivity index (χ0n) is 89.9. The Hall–Kier alpha value is -12.2. The third-order valence-corrected chi connectivity index (χ3v) is 30.7. The van der Waals surface area contributed by atoms with Gasteiger partial charge >= 0.3 is 18.2 Å². The molecule has 0 radical (unpaired) electrons. The number of rotatable bonds is 26. The number of carboxylic acids is 1. The lowest BCUT2D eigenvalue weighted by molar-refractivity contribution is 0.0118. The number of aromatic carboxylic acids is 1. The number of hydrogen-bond acceptors (Lipinski definition) is 26. The number of sulfonamides is 3. The molecular formula is C112H141Cl3N18O14S3. The Morgan fingerprint density at radius 3 is 1.04 bits per heavy atom. The largest absolute Gasteiger partial charge is 0.478 e. The number of carbonyl (C=O) groups is 5. The fourth-order valence-electron chi connectivity index (χ4n) is 18.7. The number of para-hydroxylation sites is 3. The minimum atomic E-state index is -4.40. The number of anilines is 3. The predicted molar refractivity (Wildman–Crippen MR) is 591 cm³/mol. The Morgan fingerprint density at radius 1 is 0.427 bits per heavy atom. The van der Waals surface area contributed by atoms with Crippen molar-refractivity contribution in [3.63, 3.8) is 0 Å². The van der Waals surface area contributed by atoms with Crippen molar-refractivity contribution in [3.8, 4) is 0 Å². The average Bonchev–Trinajstić information content (AvgIpc) is 1.06. The van der Waals surface area contributed by atoms with E-state index in [9.17, 15) is 49.2 Å². The number of hydrogen-bond donors (Lipinski definition) is 8. The molecule has 3 saturated heterocycles. The molecule has 0 bridgehead atoms. The van der Waals surface area contributed by atoms with Gasteiger partial charge < -0.3 is 45.6 Å². The summed E-state index contributed by atoms with van der Waals surface area (Å²) in [6.45, 7) is 51.0. The number of aromatic nitrogens is 9. The van der Waals surface area contributed by atoms with E-state index in [0.29, 0.717) is 71.1 Å². The van der Waals surface area contributed by atoms with Crippen molar-refractivity contribution in [2.24, 2.45) is 22.9 Å². The maximum Gasteiger partial charge on any atom is 0.410 e. The fraction of sp³-hybridized carbons (Fsp3) is 0.446. The number of carboxylic acid groups (broad SMARTS) is 1. The van der Waals surface area contributed by atoms with E-state index in [2.05, 4.69) is 188 Å². The van der Waals surface area contributed by atoms with Crippen LogP contribution < -0.4 is 35.9 Å². The van der Waals surface area contributed by atoms with Gasteiger partial charge in [-0.15, -0.1) is 0 Å². The average molecular weight is 2170 g/mol. The first kappa shape index (κ1) is 116. The summed E-state index contributed by atoms with van der Waals surface area (Å²) in [5.41, 5.74) is 8.63. The molecule has 6 atom stereocenters. The number of carbonyl (C=O) groups excluding carboxylic acids is 4. The monoisotopic (exact) mass is 2160 g/mol. The molecule has 4 amide bonds. The number of benzene rings is 3. The quantitative estimate of drug-likeness (QED) is 0.0233. The highest BCUT2D eigenvalue weighted by Gasteiger charge is 2.46. The second-order valence-corrected chi connectivity index (χ2v) is 51.8. The summed E-state index contributed by atoms with van der Waals surface area (Å²) in [6, 6.07) is 46.6. The van der Waals surface area contributed by atoms with Gasteiger partial charge in [-0.3, -0.25) is 24.5 Å². The van der Waals surface area contributed by atoms with Crippen LogP contribution in [-0.4, -0.2) is 162 Å². The Balaban J connectivity index is 0.000000187. The Morgan fingerprint density at radius 2 is 0.733 bits per heavy atom. The molecule has 32 nitrogen and oxygen atoms in total. The highest BCUT2D eigenvalue weighted by Crippen LogP contribution is 2.43. The van der Waals surface area contributed by atoms with Crippen molar-refractivity contribution < 1.29 is 63.8 Å². The maximum atomic E-state index is 13.5. The van der Waals surface area contributed by atoms with E-state index >= 15 is 0 Å². The number of nitrogens with zero attached hydrogens (tertiary/aromatic N) is 11. The first-order valence-corrected chi connectivity index (χ1v) is 55.8. The highest BCUT2D eigenvalue weighted by atomic mass is 35.5. The van der Waals surface area contributed by atoms with Crippen LogP contribution in [0.3, 0.4) is 0 Å². The molecule has 9 N–H and O–H groups in total. The zero-order chi connectivity index (χ0) is 110. The first-order chi connectivity index (χ1) is 69.7. The molecule has 3 aliphatic heterocycles. The van der Waals surface area contributed by atoms with Crippen LogP contribution in [0, 0.1) is 38.5 Å². The third kappa shape index (κ3) is 31.1. The van der Waals surface area contributed by atoms with Crippen LogP contribution in [0.5, 0.6) is 0 Å². The van der Waals surface area contributed by atoms with Gasteiger partial charge in [0.25, 0.3) is 41.9 Å². The first-order valence-electron chi connectivity index (χ1n) is 50.1. The van der Waals surface area contributed by atoms with Crippen molar-refractivity contribution >= 4 is 145 Å². The van der Waals surface area contributed by atoms with Crippen LogP contribution in [0.15, 0.2) is 197 Å². The Bertz CT molecular complexity index is 7370. The summed E-state index contributed by atoms with van der Waals surface area (Å²) >= 11 is 18.4. The van der Waals surface area contributed by atoms with Crippen LogP contribution in [0.1, 0.15) is 303 Å². The molecule has 0 saturated carbocycles. The summed E-state index contributed by atoms with van der Waals surface area (Å²) in [6.07, 6.45) is 12.2. The van der Waals surface area contributed by atoms with Crippen molar-refractivity contribution in [1.82, 2.24) is 69.4 Å².